The van der Waals surface area contributed by atoms with Crippen LogP contribution in [-0.2, 0) is 4.74 Å². The largest absolute Gasteiger partial charge is 0.491 e. The van der Waals surface area contributed by atoms with Crippen molar-refractivity contribution in [1.82, 2.24) is 4.90 Å². The summed E-state index contributed by atoms with van der Waals surface area (Å²) in [6.07, 6.45) is -0.465. The molecule has 1 unspecified atom stereocenters. The van der Waals surface area contributed by atoms with Crippen LogP contribution in [0.25, 0.3) is 0 Å². The minimum Gasteiger partial charge on any atom is -0.491 e. The van der Waals surface area contributed by atoms with Crippen LogP contribution in [-0.4, -0.2) is 55.6 Å². The number of morpholine rings is 1. The summed E-state index contributed by atoms with van der Waals surface area (Å²) in [5.74, 6) is 0.878. The molecule has 0 bridgehead atoms. The number of hydrogen-bond acceptors (Lipinski definition) is 4. The lowest BCUT2D eigenvalue weighted by Gasteiger charge is -2.28. The highest BCUT2D eigenvalue weighted by molar-refractivity contribution is 5.41. The van der Waals surface area contributed by atoms with Gasteiger partial charge >= 0.3 is 0 Å². The fourth-order valence-electron chi connectivity index (χ4n) is 2.47. The number of hydrogen-bond donors (Lipinski definition) is 1. The van der Waals surface area contributed by atoms with E-state index in [2.05, 4.69) is 31.7 Å². The average molecular weight is 279 g/mol. The molecule has 20 heavy (non-hydrogen) atoms. The minimum absolute atomic E-state index is 0.334. The fraction of sp³-hybridized carbons (Fsp3) is 0.625. The van der Waals surface area contributed by atoms with Crippen LogP contribution in [0.15, 0.2) is 12.1 Å². The molecule has 0 aromatic heterocycles. The number of aliphatic hydroxyl groups excluding tert-OH is 1. The molecular weight excluding hydrogens is 254 g/mol. The van der Waals surface area contributed by atoms with E-state index < -0.39 is 6.10 Å². The Morgan fingerprint density at radius 2 is 1.95 bits per heavy atom. The van der Waals surface area contributed by atoms with Crippen molar-refractivity contribution in [3.63, 3.8) is 0 Å². The van der Waals surface area contributed by atoms with Gasteiger partial charge in [-0.15, -0.1) is 0 Å². The maximum atomic E-state index is 10.1. The monoisotopic (exact) mass is 279 g/mol. The summed E-state index contributed by atoms with van der Waals surface area (Å²) < 4.78 is 11.1. The van der Waals surface area contributed by atoms with Crippen LogP contribution in [0.5, 0.6) is 5.75 Å². The first-order valence-electron chi connectivity index (χ1n) is 7.25. The summed E-state index contributed by atoms with van der Waals surface area (Å²) in [6, 6.07) is 4.18. The van der Waals surface area contributed by atoms with E-state index in [4.69, 9.17) is 9.47 Å². The molecule has 1 saturated heterocycles. The van der Waals surface area contributed by atoms with Gasteiger partial charge in [0, 0.05) is 19.6 Å². The number of benzene rings is 1. The third-order valence-electron chi connectivity index (χ3n) is 3.77. The molecule has 0 spiro atoms. The molecule has 1 aliphatic heterocycles. The van der Waals surface area contributed by atoms with Crippen LogP contribution >= 0.6 is 0 Å². The lowest BCUT2D eigenvalue weighted by atomic mass is 10.1. The van der Waals surface area contributed by atoms with Crippen molar-refractivity contribution in [3.8, 4) is 5.75 Å². The first-order chi connectivity index (χ1) is 9.56. The predicted molar refractivity (Wildman–Crippen MR) is 79.4 cm³/mol. The normalized spacial score (nSPS) is 18.0. The summed E-state index contributed by atoms with van der Waals surface area (Å²) in [7, 11) is 0. The van der Waals surface area contributed by atoms with E-state index in [1.54, 1.807) is 0 Å². The molecular formula is C16H25NO3. The average Bonchev–Trinajstić information content (AvgIpc) is 2.42. The van der Waals surface area contributed by atoms with Crippen molar-refractivity contribution in [1.29, 1.82) is 0 Å². The molecule has 1 atom stereocenters. The van der Waals surface area contributed by atoms with E-state index in [-0.39, 0.29) is 0 Å². The SMILES string of the molecule is Cc1cc(C)c(C)c(OCC(O)CN2CCOCC2)c1. The van der Waals surface area contributed by atoms with Gasteiger partial charge in [0.05, 0.1) is 13.2 Å². The van der Waals surface area contributed by atoms with Crippen LogP contribution in [0.4, 0.5) is 0 Å². The summed E-state index contributed by atoms with van der Waals surface area (Å²) >= 11 is 0. The molecule has 0 aliphatic carbocycles. The van der Waals surface area contributed by atoms with E-state index in [9.17, 15) is 5.11 Å². The molecule has 1 aromatic carbocycles. The van der Waals surface area contributed by atoms with E-state index >= 15 is 0 Å². The fourth-order valence-corrected chi connectivity index (χ4v) is 2.47. The Kier molecular flexibility index (Phi) is 5.40. The molecule has 0 saturated carbocycles. The summed E-state index contributed by atoms with van der Waals surface area (Å²) in [4.78, 5) is 2.21. The quantitative estimate of drug-likeness (QED) is 0.890. The Bertz CT molecular complexity index is 442. The molecule has 0 amide bonds. The van der Waals surface area contributed by atoms with Gasteiger partial charge < -0.3 is 14.6 Å². The maximum absolute atomic E-state index is 10.1. The second-order valence-corrected chi connectivity index (χ2v) is 5.58. The second-order valence-electron chi connectivity index (χ2n) is 5.58. The molecule has 2 rings (SSSR count). The zero-order valence-electron chi connectivity index (χ0n) is 12.7. The van der Waals surface area contributed by atoms with Gasteiger partial charge in [-0.1, -0.05) is 6.07 Å². The number of ether oxygens (including phenoxy) is 2. The highest BCUT2D eigenvalue weighted by atomic mass is 16.5. The number of rotatable bonds is 5. The summed E-state index contributed by atoms with van der Waals surface area (Å²) in [5, 5.41) is 10.1. The minimum atomic E-state index is -0.465. The van der Waals surface area contributed by atoms with Crippen LogP contribution in [0.2, 0.25) is 0 Å². The Labute approximate surface area is 121 Å². The summed E-state index contributed by atoms with van der Waals surface area (Å²) in [6.45, 7) is 10.5. The Morgan fingerprint density at radius 1 is 1.25 bits per heavy atom. The smallest absolute Gasteiger partial charge is 0.122 e. The molecule has 0 radical (unpaired) electrons. The first kappa shape index (κ1) is 15.3. The van der Waals surface area contributed by atoms with Gasteiger partial charge in [-0.05, 0) is 43.5 Å². The van der Waals surface area contributed by atoms with Gasteiger partial charge in [0.2, 0.25) is 0 Å². The van der Waals surface area contributed by atoms with Gasteiger partial charge in [0.25, 0.3) is 0 Å². The number of aliphatic hydroxyl groups is 1. The molecule has 1 N–H and O–H groups in total. The van der Waals surface area contributed by atoms with Crippen molar-refractivity contribution in [3.05, 3.63) is 28.8 Å². The predicted octanol–water partition coefficient (Wildman–Crippen LogP) is 1.68. The van der Waals surface area contributed by atoms with E-state index in [0.717, 1.165) is 37.6 Å². The van der Waals surface area contributed by atoms with Crippen molar-refractivity contribution >= 4 is 0 Å². The zero-order chi connectivity index (χ0) is 14.5. The molecule has 4 heteroatoms. The van der Waals surface area contributed by atoms with Crippen LogP contribution in [0, 0.1) is 20.8 Å². The standard InChI is InChI=1S/C16H25NO3/c1-12-8-13(2)14(3)16(9-12)20-11-15(18)10-17-4-6-19-7-5-17/h8-9,15,18H,4-7,10-11H2,1-3H3. The number of nitrogens with zero attached hydrogens (tertiary/aromatic N) is 1. The zero-order valence-corrected chi connectivity index (χ0v) is 12.7. The summed E-state index contributed by atoms with van der Waals surface area (Å²) in [5.41, 5.74) is 3.56. The van der Waals surface area contributed by atoms with E-state index in [1.165, 1.54) is 11.1 Å². The van der Waals surface area contributed by atoms with Crippen LogP contribution in [0.1, 0.15) is 16.7 Å². The molecule has 4 nitrogen and oxygen atoms in total. The second kappa shape index (κ2) is 7.07. The van der Waals surface area contributed by atoms with Crippen LogP contribution in [0.3, 0.4) is 0 Å². The molecule has 1 aromatic rings. The highest BCUT2D eigenvalue weighted by Crippen LogP contribution is 2.23. The third kappa shape index (κ3) is 4.20. The van der Waals surface area contributed by atoms with Gasteiger partial charge in [-0.2, -0.15) is 0 Å². The molecule has 112 valence electrons. The van der Waals surface area contributed by atoms with Gasteiger partial charge in [-0.25, -0.2) is 0 Å². The van der Waals surface area contributed by atoms with E-state index in [1.807, 2.05) is 6.07 Å². The Morgan fingerprint density at radius 3 is 2.65 bits per heavy atom. The lowest BCUT2D eigenvalue weighted by Crippen LogP contribution is -2.42. The van der Waals surface area contributed by atoms with Gasteiger partial charge in [0.1, 0.15) is 18.5 Å². The molecule has 1 heterocycles. The molecule has 1 fully saturated rings. The van der Waals surface area contributed by atoms with Crippen LogP contribution < -0.4 is 4.74 Å². The number of β-amino-alcohol motifs (C(OH)–C–C–N with tert-alkyl or cyclic N) is 1. The van der Waals surface area contributed by atoms with Crippen molar-refractivity contribution < 1.29 is 14.6 Å². The van der Waals surface area contributed by atoms with Crippen molar-refractivity contribution in [2.75, 3.05) is 39.5 Å². The van der Waals surface area contributed by atoms with E-state index in [0.29, 0.717) is 13.2 Å². The Hall–Kier alpha value is -1.10. The van der Waals surface area contributed by atoms with Crippen molar-refractivity contribution in [2.45, 2.75) is 26.9 Å². The maximum Gasteiger partial charge on any atom is 0.122 e. The lowest BCUT2D eigenvalue weighted by molar-refractivity contribution is 0.00459. The van der Waals surface area contributed by atoms with Gasteiger partial charge in [-0.3, -0.25) is 4.90 Å². The highest BCUT2D eigenvalue weighted by Gasteiger charge is 2.15. The molecule has 1 aliphatic rings. The topological polar surface area (TPSA) is 41.9 Å². The first-order valence-corrected chi connectivity index (χ1v) is 7.25. The van der Waals surface area contributed by atoms with Crippen molar-refractivity contribution in [2.24, 2.45) is 0 Å². The number of aryl methyl sites for hydroxylation is 2. The third-order valence-corrected chi connectivity index (χ3v) is 3.77. The Balaban J connectivity index is 1.85. The van der Waals surface area contributed by atoms with Gasteiger partial charge in [0.15, 0.2) is 0 Å².